The number of aryl methyl sites for hydroxylation is 2. The van der Waals surface area contributed by atoms with Crippen LogP contribution in [0.15, 0.2) is 22.0 Å². The predicted octanol–water partition coefficient (Wildman–Crippen LogP) is 3.11. The van der Waals surface area contributed by atoms with Crippen LogP contribution in [0.3, 0.4) is 0 Å². The number of halogens is 1. The van der Waals surface area contributed by atoms with Crippen LogP contribution >= 0.6 is 15.9 Å². The second-order valence-corrected chi connectivity index (χ2v) is 7.26. The minimum Gasteiger partial charge on any atom is -0.207 e. The van der Waals surface area contributed by atoms with Gasteiger partial charge < -0.3 is 0 Å². The zero-order valence-corrected chi connectivity index (χ0v) is 13.5. The first-order valence-corrected chi connectivity index (χ1v) is 7.84. The second-order valence-electron chi connectivity index (χ2n) is 4.43. The van der Waals surface area contributed by atoms with E-state index in [4.69, 9.17) is 0 Å². The Hall–Kier alpha value is -0.650. The molecule has 0 bridgehead atoms. The summed E-state index contributed by atoms with van der Waals surface area (Å²) in [5.74, 6) is 0. The molecule has 0 fully saturated rings. The van der Waals surface area contributed by atoms with E-state index < -0.39 is 10.0 Å². The van der Waals surface area contributed by atoms with Gasteiger partial charge in [0.05, 0.1) is 4.90 Å². The minimum absolute atomic E-state index is 0.189. The Balaban J connectivity index is 3.36. The molecule has 0 radical (unpaired) electrons. The average Bonchev–Trinajstić information content (AvgIpc) is 2.24. The quantitative estimate of drug-likeness (QED) is 0.921. The zero-order chi connectivity index (χ0) is 14.1. The van der Waals surface area contributed by atoms with Gasteiger partial charge in [0.15, 0.2) is 0 Å². The van der Waals surface area contributed by atoms with Crippen molar-refractivity contribution in [2.75, 3.05) is 6.54 Å². The lowest BCUT2D eigenvalue weighted by atomic mass is 10.0. The van der Waals surface area contributed by atoms with Crippen LogP contribution in [0.2, 0.25) is 0 Å². The smallest absolute Gasteiger partial charge is 0.207 e. The predicted molar refractivity (Wildman–Crippen MR) is 78.6 cm³/mol. The fraction of sp³-hybridized carbons (Fsp3) is 0.385. The van der Waals surface area contributed by atoms with Crippen molar-refractivity contribution in [1.82, 2.24) is 4.72 Å². The van der Waals surface area contributed by atoms with Gasteiger partial charge in [0.1, 0.15) is 0 Å². The van der Waals surface area contributed by atoms with Crippen LogP contribution in [0.25, 0.3) is 0 Å². The molecule has 0 aliphatic carbocycles. The van der Waals surface area contributed by atoms with Gasteiger partial charge in [-0.15, -0.1) is 0 Å². The molecule has 0 spiro atoms. The van der Waals surface area contributed by atoms with Crippen molar-refractivity contribution in [2.24, 2.45) is 0 Å². The molecule has 0 unspecified atom stereocenters. The molecule has 0 amide bonds. The maximum absolute atomic E-state index is 12.3. The van der Waals surface area contributed by atoms with E-state index in [9.17, 15) is 8.42 Å². The van der Waals surface area contributed by atoms with E-state index in [1.54, 1.807) is 0 Å². The summed E-state index contributed by atoms with van der Waals surface area (Å²) in [6.07, 6.45) is 0. The third kappa shape index (κ3) is 3.22. The molecule has 0 aliphatic rings. The lowest BCUT2D eigenvalue weighted by Crippen LogP contribution is -2.26. The van der Waals surface area contributed by atoms with Crippen LogP contribution in [0, 0.1) is 27.7 Å². The summed E-state index contributed by atoms with van der Waals surface area (Å²) >= 11 is 3.14. The molecule has 3 nitrogen and oxygen atoms in total. The van der Waals surface area contributed by atoms with Crippen molar-refractivity contribution < 1.29 is 8.42 Å². The van der Waals surface area contributed by atoms with Crippen LogP contribution in [0.4, 0.5) is 0 Å². The zero-order valence-electron chi connectivity index (χ0n) is 11.1. The number of sulfonamides is 1. The summed E-state index contributed by atoms with van der Waals surface area (Å²) in [6, 6.07) is 2.01. The maximum atomic E-state index is 12.3. The highest BCUT2D eigenvalue weighted by atomic mass is 79.9. The van der Waals surface area contributed by atoms with Gasteiger partial charge >= 0.3 is 0 Å². The molecule has 1 rings (SSSR count). The molecule has 100 valence electrons. The number of hydrogen-bond donors (Lipinski definition) is 1. The van der Waals surface area contributed by atoms with E-state index in [1.807, 2.05) is 33.8 Å². The molecule has 5 heteroatoms. The first kappa shape index (κ1) is 15.4. The van der Waals surface area contributed by atoms with Crippen molar-refractivity contribution >= 4 is 26.0 Å². The van der Waals surface area contributed by atoms with Gasteiger partial charge in [-0.3, -0.25) is 0 Å². The summed E-state index contributed by atoms with van der Waals surface area (Å²) in [7, 11) is -3.50. The Morgan fingerprint density at radius 2 is 1.67 bits per heavy atom. The lowest BCUT2D eigenvalue weighted by molar-refractivity contribution is 0.584. The van der Waals surface area contributed by atoms with Gasteiger partial charge in [-0.05, 0) is 49.9 Å². The first-order chi connectivity index (χ1) is 8.16. The number of rotatable bonds is 4. The standard InChI is InChI=1S/C13H18BrNO2S/c1-8-6-9(2)12(5)13(11(8)4)18(16,17)15-7-10(3)14/h6,15H,3,7H2,1-2,4-5H3. The van der Waals surface area contributed by atoms with Crippen LogP contribution in [0.5, 0.6) is 0 Å². The fourth-order valence-electron chi connectivity index (χ4n) is 1.83. The number of benzene rings is 1. The van der Waals surface area contributed by atoms with Gasteiger partial charge in [0.25, 0.3) is 0 Å². The second kappa shape index (κ2) is 5.55. The van der Waals surface area contributed by atoms with Gasteiger partial charge in [-0.1, -0.05) is 28.6 Å². The van der Waals surface area contributed by atoms with Crippen molar-refractivity contribution in [3.05, 3.63) is 39.4 Å². The van der Waals surface area contributed by atoms with Crippen LogP contribution < -0.4 is 4.72 Å². The summed E-state index contributed by atoms with van der Waals surface area (Å²) in [5, 5.41) is 0. The Morgan fingerprint density at radius 3 is 2.06 bits per heavy atom. The molecule has 0 aliphatic heterocycles. The molecule has 0 heterocycles. The highest BCUT2D eigenvalue weighted by Crippen LogP contribution is 2.25. The Kier molecular flexibility index (Phi) is 4.75. The minimum atomic E-state index is -3.50. The first-order valence-electron chi connectivity index (χ1n) is 5.57. The van der Waals surface area contributed by atoms with Crippen molar-refractivity contribution in [3.63, 3.8) is 0 Å². The molecule has 18 heavy (non-hydrogen) atoms. The van der Waals surface area contributed by atoms with E-state index in [2.05, 4.69) is 27.2 Å². The van der Waals surface area contributed by atoms with Gasteiger partial charge in [0, 0.05) is 11.0 Å². The highest BCUT2D eigenvalue weighted by Gasteiger charge is 2.21. The average molecular weight is 332 g/mol. The van der Waals surface area contributed by atoms with Gasteiger partial charge in [-0.25, -0.2) is 13.1 Å². The molecule has 0 saturated carbocycles. The third-order valence-corrected chi connectivity index (χ3v) is 4.97. The summed E-state index contributed by atoms with van der Waals surface area (Å²) in [5.41, 5.74) is 3.56. The molecule has 1 aromatic carbocycles. The lowest BCUT2D eigenvalue weighted by Gasteiger charge is -2.16. The Morgan fingerprint density at radius 1 is 1.22 bits per heavy atom. The van der Waals surface area contributed by atoms with Gasteiger partial charge in [0.2, 0.25) is 10.0 Å². The fourth-order valence-corrected chi connectivity index (χ4v) is 3.79. The van der Waals surface area contributed by atoms with E-state index in [0.29, 0.717) is 9.38 Å². The summed E-state index contributed by atoms with van der Waals surface area (Å²) < 4.78 is 27.8. The molecular weight excluding hydrogens is 314 g/mol. The molecule has 0 aromatic heterocycles. The molecular formula is C13H18BrNO2S. The SMILES string of the molecule is C=C(Br)CNS(=O)(=O)c1c(C)c(C)cc(C)c1C. The summed E-state index contributed by atoms with van der Waals surface area (Å²) in [6.45, 7) is 11.3. The van der Waals surface area contributed by atoms with Crippen LogP contribution in [0.1, 0.15) is 22.3 Å². The topological polar surface area (TPSA) is 46.2 Å². The van der Waals surface area contributed by atoms with E-state index in [-0.39, 0.29) is 6.54 Å². The number of hydrogen-bond acceptors (Lipinski definition) is 2. The van der Waals surface area contributed by atoms with Crippen molar-refractivity contribution in [1.29, 1.82) is 0 Å². The highest BCUT2D eigenvalue weighted by molar-refractivity contribution is 9.11. The van der Waals surface area contributed by atoms with Crippen molar-refractivity contribution in [3.8, 4) is 0 Å². The normalized spacial score (nSPS) is 11.6. The van der Waals surface area contributed by atoms with Crippen LogP contribution in [-0.2, 0) is 10.0 Å². The van der Waals surface area contributed by atoms with E-state index in [1.165, 1.54) is 0 Å². The maximum Gasteiger partial charge on any atom is 0.241 e. The molecule has 0 atom stereocenters. The Bertz CT molecular complexity index is 565. The third-order valence-electron chi connectivity index (χ3n) is 3.02. The monoisotopic (exact) mass is 331 g/mol. The number of nitrogens with one attached hydrogen (secondary N) is 1. The van der Waals surface area contributed by atoms with E-state index in [0.717, 1.165) is 22.3 Å². The molecule has 1 aromatic rings. The largest absolute Gasteiger partial charge is 0.241 e. The Labute approximate surface area is 117 Å². The molecule has 0 saturated heterocycles. The summed E-state index contributed by atoms with van der Waals surface area (Å²) in [4.78, 5) is 0.383. The van der Waals surface area contributed by atoms with Crippen LogP contribution in [-0.4, -0.2) is 15.0 Å². The van der Waals surface area contributed by atoms with E-state index >= 15 is 0 Å². The van der Waals surface area contributed by atoms with Crippen molar-refractivity contribution in [2.45, 2.75) is 32.6 Å². The van der Waals surface area contributed by atoms with Gasteiger partial charge in [-0.2, -0.15) is 0 Å². The molecule has 1 N–H and O–H groups in total.